The molecule has 2 N–H and O–H groups in total. The summed E-state index contributed by atoms with van der Waals surface area (Å²) in [5, 5.41) is 6.96. The van der Waals surface area contributed by atoms with Crippen LogP contribution in [0.2, 0.25) is 0 Å². The minimum absolute atomic E-state index is 0.0648. The molecule has 1 nitrogen and oxygen atoms in total. The standard InChI is InChI=1S/C5H6O/c6-5-3-1-2-4-5/h1-6H/p+1. The molecule has 0 bridgehead atoms. The second-order valence-electron chi connectivity index (χ2n) is 1.30. The Bertz CT molecular complexity index is 80.1. The summed E-state index contributed by atoms with van der Waals surface area (Å²) >= 11 is 0. The van der Waals surface area contributed by atoms with Crippen molar-refractivity contribution in [2.75, 3.05) is 0 Å². The molecule has 6 heavy (non-hydrogen) atoms. The highest BCUT2D eigenvalue weighted by Gasteiger charge is 1.97. The fourth-order valence-electron chi connectivity index (χ4n) is 0.432. The molecule has 1 aliphatic rings. The molecule has 0 unspecified atom stereocenters. The van der Waals surface area contributed by atoms with Gasteiger partial charge in [-0.15, -0.1) is 0 Å². The van der Waals surface area contributed by atoms with Crippen LogP contribution in [-0.2, 0) is 0 Å². The molecule has 0 aliphatic heterocycles. The molecule has 0 amide bonds. The molecule has 0 radical (unpaired) electrons. The quantitative estimate of drug-likeness (QED) is 0.373. The first kappa shape index (κ1) is 3.62. The van der Waals surface area contributed by atoms with Crippen molar-refractivity contribution >= 4 is 0 Å². The van der Waals surface area contributed by atoms with E-state index in [9.17, 15) is 0 Å². The van der Waals surface area contributed by atoms with Gasteiger partial charge < -0.3 is 5.11 Å². The van der Waals surface area contributed by atoms with Crippen molar-refractivity contribution in [3.63, 3.8) is 0 Å². The molecule has 0 aromatic rings. The van der Waals surface area contributed by atoms with Crippen LogP contribution >= 0.6 is 0 Å². The lowest BCUT2D eigenvalue weighted by Gasteiger charge is -1.79. The maximum atomic E-state index is 6.96. The van der Waals surface area contributed by atoms with Gasteiger partial charge in [-0.2, -0.15) is 0 Å². The van der Waals surface area contributed by atoms with Gasteiger partial charge in [-0.25, -0.2) is 0 Å². The molecule has 1 rings (SSSR count). The average Bonchev–Trinajstić information content (AvgIpc) is 1.86. The van der Waals surface area contributed by atoms with E-state index in [4.69, 9.17) is 5.11 Å². The third-order valence-electron chi connectivity index (χ3n) is 0.748. The molecule has 0 fully saturated rings. The summed E-state index contributed by atoms with van der Waals surface area (Å²) in [6, 6.07) is 0. The third-order valence-corrected chi connectivity index (χ3v) is 0.748. The van der Waals surface area contributed by atoms with E-state index < -0.39 is 0 Å². The molecule has 0 spiro atoms. The summed E-state index contributed by atoms with van der Waals surface area (Å²) in [6.07, 6.45) is 7.38. The molecule has 1 aliphatic carbocycles. The minimum atomic E-state index is -0.0648. The summed E-state index contributed by atoms with van der Waals surface area (Å²) < 4.78 is 0. The fraction of sp³-hybridized carbons (Fsp3) is 0.200. The summed E-state index contributed by atoms with van der Waals surface area (Å²) in [5.74, 6) is 0. The topological polar surface area (TPSA) is 22.9 Å². The smallest absolute Gasteiger partial charge is 0.192 e. The molecule has 0 saturated heterocycles. The van der Waals surface area contributed by atoms with Crippen LogP contribution in [-0.4, -0.2) is 11.2 Å². The van der Waals surface area contributed by atoms with Crippen molar-refractivity contribution in [3.8, 4) is 0 Å². The molecular formula is C5H7O+. The Morgan fingerprint density at radius 3 is 1.83 bits per heavy atom. The second-order valence-corrected chi connectivity index (χ2v) is 1.30. The number of hydrogen-bond donors (Lipinski definition) is 0. The van der Waals surface area contributed by atoms with Gasteiger partial charge in [-0.05, 0) is 12.2 Å². The highest BCUT2D eigenvalue weighted by molar-refractivity contribution is 5.18. The Morgan fingerprint density at radius 1 is 1.17 bits per heavy atom. The Balaban J connectivity index is 2.60. The third kappa shape index (κ3) is 0.494. The molecule has 1 heteroatoms. The van der Waals surface area contributed by atoms with Gasteiger partial charge in [-0.1, -0.05) is 12.2 Å². The largest absolute Gasteiger partial charge is 0.437 e. The molecule has 0 saturated carbocycles. The highest BCUT2D eigenvalue weighted by atomic mass is 16.3. The van der Waals surface area contributed by atoms with Crippen LogP contribution in [0.15, 0.2) is 24.3 Å². The predicted octanol–water partition coefficient (Wildman–Crippen LogP) is 0.206. The Labute approximate surface area is 36.6 Å². The lowest BCUT2D eigenvalue weighted by Crippen LogP contribution is -1.89. The summed E-state index contributed by atoms with van der Waals surface area (Å²) in [4.78, 5) is 0. The van der Waals surface area contributed by atoms with Crippen LogP contribution in [0.5, 0.6) is 0 Å². The van der Waals surface area contributed by atoms with Crippen molar-refractivity contribution in [2.45, 2.75) is 6.10 Å². The summed E-state index contributed by atoms with van der Waals surface area (Å²) in [7, 11) is 0. The van der Waals surface area contributed by atoms with Gasteiger partial charge in [-0.3, -0.25) is 0 Å². The fourth-order valence-corrected chi connectivity index (χ4v) is 0.432. The predicted molar refractivity (Wildman–Crippen MR) is 25.7 cm³/mol. The molecule has 0 heterocycles. The van der Waals surface area contributed by atoms with Crippen LogP contribution in [0.1, 0.15) is 0 Å². The van der Waals surface area contributed by atoms with Gasteiger partial charge in [0.05, 0.1) is 0 Å². The number of rotatable bonds is 0. The highest BCUT2D eigenvalue weighted by Crippen LogP contribution is 1.95. The zero-order valence-corrected chi connectivity index (χ0v) is 3.39. The van der Waals surface area contributed by atoms with Gasteiger partial charge in [0, 0.05) is 0 Å². The van der Waals surface area contributed by atoms with E-state index in [0.717, 1.165) is 0 Å². The van der Waals surface area contributed by atoms with Gasteiger partial charge in [0.1, 0.15) is 0 Å². The van der Waals surface area contributed by atoms with Crippen molar-refractivity contribution in [2.24, 2.45) is 0 Å². The molecule has 0 aromatic carbocycles. The normalized spacial score (nSPS) is 20.2. The van der Waals surface area contributed by atoms with Crippen molar-refractivity contribution < 1.29 is 5.11 Å². The first-order valence-corrected chi connectivity index (χ1v) is 1.96. The van der Waals surface area contributed by atoms with E-state index >= 15 is 0 Å². The van der Waals surface area contributed by atoms with E-state index in [1.54, 1.807) is 0 Å². The van der Waals surface area contributed by atoms with Crippen LogP contribution < -0.4 is 0 Å². The maximum absolute atomic E-state index is 6.96. The van der Waals surface area contributed by atoms with Crippen LogP contribution in [0.4, 0.5) is 0 Å². The molecule has 0 atom stereocenters. The van der Waals surface area contributed by atoms with Crippen molar-refractivity contribution in [1.82, 2.24) is 0 Å². The van der Waals surface area contributed by atoms with Gasteiger partial charge in [0.2, 0.25) is 0 Å². The SMILES string of the molecule is [OH2+]C1C=CC=C1. The van der Waals surface area contributed by atoms with Crippen LogP contribution in [0.3, 0.4) is 0 Å². The maximum Gasteiger partial charge on any atom is 0.192 e. The van der Waals surface area contributed by atoms with E-state index in [-0.39, 0.29) is 6.10 Å². The van der Waals surface area contributed by atoms with Gasteiger partial charge in [0.25, 0.3) is 0 Å². The van der Waals surface area contributed by atoms with Crippen LogP contribution in [0, 0.1) is 0 Å². The Kier molecular flexibility index (Phi) is 0.765. The Morgan fingerprint density at radius 2 is 1.67 bits per heavy atom. The van der Waals surface area contributed by atoms with E-state index in [1.165, 1.54) is 0 Å². The number of allylic oxidation sites excluding steroid dienone is 2. The summed E-state index contributed by atoms with van der Waals surface area (Å²) in [6.45, 7) is 0. The van der Waals surface area contributed by atoms with Crippen LogP contribution in [0.25, 0.3) is 0 Å². The first-order valence-electron chi connectivity index (χ1n) is 1.96. The lowest BCUT2D eigenvalue weighted by molar-refractivity contribution is 0.274. The Hall–Kier alpha value is -0.560. The van der Waals surface area contributed by atoms with E-state index in [1.807, 2.05) is 24.3 Å². The first-order chi connectivity index (χ1) is 2.89. The lowest BCUT2D eigenvalue weighted by atomic mass is 10.4. The van der Waals surface area contributed by atoms with E-state index in [2.05, 4.69) is 0 Å². The average molecular weight is 83.1 g/mol. The zero-order valence-electron chi connectivity index (χ0n) is 3.39. The zero-order chi connectivity index (χ0) is 4.41. The van der Waals surface area contributed by atoms with Gasteiger partial charge in [0.15, 0.2) is 6.10 Å². The van der Waals surface area contributed by atoms with Crippen molar-refractivity contribution in [3.05, 3.63) is 24.3 Å². The van der Waals surface area contributed by atoms with E-state index in [0.29, 0.717) is 0 Å². The molecule has 32 valence electrons. The minimum Gasteiger partial charge on any atom is -0.437 e. The summed E-state index contributed by atoms with van der Waals surface area (Å²) in [5.41, 5.74) is 0. The number of hydrogen-bond acceptors (Lipinski definition) is 0. The second kappa shape index (κ2) is 1.27. The van der Waals surface area contributed by atoms with Gasteiger partial charge >= 0.3 is 0 Å². The molecular weight excluding hydrogens is 76.1 g/mol. The monoisotopic (exact) mass is 83.0 g/mol. The molecule has 0 aromatic heterocycles. The van der Waals surface area contributed by atoms with Crippen molar-refractivity contribution in [1.29, 1.82) is 0 Å².